The Hall–Kier alpha value is -1.92. The van der Waals surface area contributed by atoms with Crippen LogP contribution in [0.3, 0.4) is 0 Å². The zero-order valence-electron chi connectivity index (χ0n) is 11.4. The minimum atomic E-state index is -3.64. The van der Waals surface area contributed by atoms with E-state index in [1.54, 1.807) is 6.07 Å². The fourth-order valence-electron chi connectivity index (χ4n) is 1.90. The average molecular weight is 291 g/mol. The monoisotopic (exact) mass is 291 g/mol. The molecule has 20 heavy (non-hydrogen) atoms. The van der Waals surface area contributed by atoms with Crippen LogP contribution in [0.5, 0.6) is 0 Å². The predicted octanol–water partition coefficient (Wildman–Crippen LogP) is 1.79. The Morgan fingerprint density at radius 3 is 2.55 bits per heavy atom. The lowest BCUT2D eigenvalue weighted by Crippen LogP contribution is -2.27. The molecule has 6 heteroatoms. The molecular weight excluding hydrogens is 274 g/mol. The van der Waals surface area contributed by atoms with Crippen LogP contribution in [0.2, 0.25) is 0 Å². The minimum absolute atomic E-state index is 0.0177. The number of rotatable bonds is 4. The van der Waals surface area contributed by atoms with E-state index in [-0.39, 0.29) is 10.7 Å². The van der Waals surface area contributed by atoms with E-state index >= 15 is 0 Å². The Bertz CT molecular complexity index is 714. The molecule has 2 N–H and O–H groups in total. The van der Waals surface area contributed by atoms with Crippen LogP contribution in [-0.2, 0) is 16.6 Å². The highest BCUT2D eigenvalue weighted by molar-refractivity contribution is 7.89. The highest BCUT2D eigenvalue weighted by Gasteiger charge is 2.24. The van der Waals surface area contributed by atoms with Crippen LogP contribution in [0.1, 0.15) is 11.1 Å². The van der Waals surface area contributed by atoms with Crippen LogP contribution < -0.4 is 5.73 Å². The van der Waals surface area contributed by atoms with Crippen molar-refractivity contribution in [3.8, 4) is 0 Å². The third kappa shape index (κ3) is 2.81. The molecule has 0 atom stereocenters. The molecule has 2 rings (SSSR count). The van der Waals surface area contributed by atoms with Gasteiger partial charge in [0, 0.05) is 19.8 Å². The molecule has 0 aliphatic carbocycles. The lowest BCUT2D eigenvalue weighted by molar-refractivity contribution is 0.466. The molecule has 0 radical (unpaired) electrons. The number of aryl methyl sites for hydroxylation is 1. The van der Waals surface area contributed by atoms with Gasteiger partial charge in [0.15, 0.2) is 0 Å². The smallest absolute Gasteiger partial charge is 0.246 e. The maximum absolute atomic E-state index is 12.5. The molecule has 1 aromatic carbocycles. The number of benzene rings is 1. The molecule has 0 bridgehead atoms. The summed E-state index contributed by atoms with van der Waals surface area (Å²) in [7, 11) is -2.10. The van der Waals surface area contributed by atoms with Crippen molar-refractivity contribution in [1.82, 2.24) is 9.29 Å². The first-order valence-electron chi connectivity index (χ1n) is 6.14. The van der Waals surface area contributed by atoms with Gasteiger partial charge in [-0.15, -0.1) is 0 Å². The summed E-state index contributed by atoms with van der Waals surface area (Å²) in [6.45, 7) is 2.25. The summed E-state index contributed by atoms with van der Waals surface area (Å²) in [6, 6.07) is 10.7. The molecule has 1 aromatic heterocycles. The quantitative estimate of drug-likeness (QED) is 0.931. The van der Waals surface area contributed by atoms with Gasteiger partial charge in [-0.05, 0) is 30.2 Å². The standard InChI is InChI=1S/C14H17N3O2S/c1-11-6-3-4-7-12(11)10-17(2)20(18,19)13-8-5-9-16-14(13)15/h3-9H,10H2,1-2H3,(H2,15,16). The number of aromatic nitrogens is 1. The summed E-state index contributed by atoms with van der Waals surface area (Å²) in [6.07, 6.45) is 1.47. The van der Waals surface area contributed by atoms with Gasteiger partial charge >= 0.3 is 0 Å². The highest BCUT2D eigenvalue weighted by atomic mass is 32.2. The Balaban J connectivity index is 2.31. The van der Waals surface area contributed by atoms with Gasteiger partial charge in [0.1, 0.15) is 10.7 Å². The number of hydrogen-bond donors (Lipinski definition) is 1. The SMILES string of the molecule is Cc1ccccc1CN(C)S(=O)(=O)c1cccnc1N. The van der Waals surface area contributed by atoms with E-state index in [0.29, 0.717) is 6.54 Å². The van der Waals surface area contributed by atoms with Crippen molar-refractivity contribution in [3.05, 3.63) is 53.7 Å². The number of nitrogens with two attached hydrogens (primary N) is 1. The molecule has 0 amide bonds. The van der Waals surface area contributed by atoms with Crippen LogP contribution in [0, 0.1) is 6.92 Å². The van der Waals surface area contributed by atoms with Crippen molar-refractivity contribution in [3.63, 3.8) is 0 Å². The predicted molar refractivity (Wildman–Crippen MR) is 78.5 cm³/mol. The molecule has 0 fully saturated rings. The van der Waals surface area contributed by atoms with Crippen molar-refractivity contribution in [2.75, 3.05) is 12.8 Å². The van der Waals surface area contributed by atoms with E-state index in [2.05, 4.69) is 4.98 Å². The van der Waals surface area contributed by atoms with Crippen LogP contribution >= 0.6 is 0 Å². The second-order valence-corrected chi connectivity index (χ2v) is 6.59. The number of anilines is 1. The molecule has 0 aliphatic heterocycles. The Morgan fingerprint density at radius 2 is 1.90 bits per heavy atom. The summed E-state index contributed by atoms with van der Waals surface area (Å²) < 4.78 is 26.2. The fourth-order valence-corrected chi connectivity index (χ4v) is 3.11. The van der Waals surface area contributed by atoms with E-state index in [0.717, 1.165) is 11.1 Å². The fraction of sp³-hybridized carbons (Fsp3) is 0.214. The van der Waals surface area contributed by atoms with E-state index in [1.165, 1.54) is 23.6 Å². The van der Waals surface area contributed by atoms with E-state index in [1.807, 2.05) is 31.2 Å². The summed E-state index contributed by atoms with van der Waals surface area (Å²) in [5.74, 6) is 0.0177. The van der Waals surface area contributed by atoms with Crippen LogP contribution in [0.25, 0.3) is 0 Å². The number of sulfonamides is 1. The van der Waals surface area contributed by atoms with Gasteiger partial charge in [0.05, 0.1) is 0 Å². The first kappa shape index (κ1) is 14.5. The topological polar surface area (TPSA) is 76.3 Å². The third-order valence-corrected chi connectivity index (χ3v) is 4.99. The van der Waals surface area contributed by atoms with Crippen molar-refractivity contribution in [2.24, 2.45) is 0 Å². The molecule has 0 saturated carbocycles. The second kappa shape index (κ2) is 5.60. The molecule has 0 spiro atoms. The lowest BCUT2D eigenvalue weighted by atomic mass is 10.1. The van der Waals surface area contributed by atoms with Crippen LogP contribution in [0.15, 0.2) is 47.5 Å². The van der Waals surface area contributed by atoms with Gasteiger partial charge in [0.25, 0.3) is 0 Å². The normalized spacial score (nSPS) is 11.8. The highest BCUT2D eigenvalue weighted by Crippen LogP contribution is 2.21. The molecule has 106 valence electrons. The summed E-state index contributed by atoms with van der Waals surface area (Å²) in [4.78, 5) is 3.86. The average Bonchev–Trinajstić information content (AvgIpc) is 2.41. The van der Waals surface area contributed by atoms with Gasteiger partial charge in [0.2, 0.25) is 10.0 Å². The first-order valence-corrected chi connectivity index (χ1v) is 7.58. The van der Waals surface area contributed by atoms with E-state index in [9.17, 15) is 8.42 Å². The van der Waals surface area contributed by atoms with Gasteiger partial charge < -0.3 is 5.73 Å². The Kier molecular flexibility index (Phi) is 4.06. The van der Waals surface area contributed by atoms with Gasteiger partial charge in [-0.25, -0.2) is 13.4 Å². The maximum atomic E-state index is 12.5. The molecule has 0 saturated heterocycles. The molecule has 5 nitrogen and oxygen atoms in total. The number of nitrogens with zero attached hydrogens (tertiary/aromatic N) is 2. The van der Waals surface area contributed by atoms with Crippen molar-refractivity contribution in [1.29, 1.82) is 0 Å². The van der Waals surface area contributed by atoms with Gasteiger partial charge in [-0.3, -0.25) is 0 Å². The summed E-state index contributed by atoms with van der Waals surface area (Å²) >= 11 is 0. The van der Waals surface area contributed by atoms with Crippen LogP contribution in [0.4, 0.5) is 5.82 Å². The molecule has 0 aliphatic rings. The molecule has 2 aromatic rings. The Morgan fingerprint density at radius 1 is 1.20 bits per heavy atom. The van der Waals surface area contributed by atoms with E-state index < -0.39 is 10.0 Å². The molecular formula is C14H17N3O2S. The lowest BCUT2D eigenvalue weighted by Gasteiger charge is -2.19. The van der Waals surface area contributed by atoms with Crippen molar-refractivity contribution < 1.29 is 8.42 Å². The minimum Gasteiger partial charge on any atom is -0.383 e. The van der Waals surface area contributed by atoms with E-state index in [4.69, 9.17) is 5.73 Å². The first-order chi connectivity index (χ1) is 9.43. The molecule has 1 heterocycles. The third-order valence-electron chi connectivity index (χ3n) is 3.14. The summed E-state index contributed by atoms with van der Waals surface area (Å²) in [5, 5.41) is 0. The largest absolute Gasteiger partial charge is 0.383 e. The van der Waals surface area contributed by atoms with Gasteiger partial charge in [-0.1, -0.05) is 24.3 Å². The van der Waals surface area contributed by atoms with Gasteiger partial charge in [-0.2, -0.15) is 4.31 Å². The number of pyridine rings is 1. The summed E-state index contributed by atoms with van der Waals surface area (Å²) in [5.41, 5.74) is 7.66. The molecule has 0 unspecified atom stereocenters. The van der Waals surface area contributed by atoms with Crippen LogP contribution in [-0.4, -0.2) is 24.8 Å². The number of hydrogen-bond acceptors (Lipinski definition) is 4. The zero-order chi connectivity index (χ0) is 14.8. The number of nitrogen functional groups attached to an aromatic ring is 1. The Labute approximate surface area is 119 Å². The zero-order valence-corrected chi connectivity index (χ0v) is 12.3. The second-order valence-electron chi connectivity index (χ2n) is 4.57. The van der Waals surface area contributed by atoms with Crippen molar-refractivity contribution >= 4 is 15.8 Å². The van der Waals surface area contributed by atoms with Crippen molar-refractivity contribution in [2.45, 2.75) is 18.4 Å². The maximum Gasteiger partial charge on any atom is 0.246 e.